The Bertz CT molecular complexity index is 820. The first-order valence-corrected chi connectivity index (χ1v) is 8.74. The van der Waals surface area contributed by atoms with Gasteiger partial charge in [-0.3, -0.25) is 4.79 Å². The van der Waals surface area contributed by atoms with Crippen LogP contribution in [0.25, 0.3) is 0 Å². The summed E-state index contributed by atoms with van der Waals surface area (Å²) in [5.74, 6) is -0.233. The van der Waals surface area contributed by atoms with Gasteiger partial charge in [-0.2, -0.15) is 13.2 Å². The first-order valence-electron chi connectivity index (χ1n) is 8.36. The molecule has 0 aliphatic carbocycles. The molecule has 0 bridgehead atoms. The second kappa shape index (κ2) is 8.19. The van der Waals surface area contributed by atoms with Gasteiger partial charge in [-0.25, -0.2) is 0 Å². The van der Waals surface area contributed by atoms with Crippen LogP contribution in [0.2, 0.25) is 5.02 Å². The van der Waals surface area contributed by atoms with Gasteiger partial charge in [0.2, 0.25) is 0 Å². The SMILES string of the molecule is O=C(Nc1ccc(Cl)c(C(F)(F)F)c1)c1ccccc1OC[C@@H]1CCCO1. The Morgan fingerprint density at radius 1 is 1.26 bits per heavy atom. The van der Waals surface area contributed by atoms with Gasteiger partial charge in [-0.1, -0.05) is 23.7 Å². The smallest absolute Gasteiger partial charge is 0.417 e. The number of carbonyl (C=O) groups is 1. The van der Waals surface area contributed by atoms with Crippen molar-refractivity contribution in [3.8, 4) is 5.75 Å². The predicted molar refractivity (Wildman–Crippen MR) is 95.3 cm³/mol. The molecule has 8 heteroatoms. The standard InChI is InChI=1S/C19H17ClF3NO3/c20-16-8-7-12(10-15(16)19(21,22)23)24-18(25)14-5-1-2-6-17(14)27-11-13-4-3-9-26-13/h1-2,5-8,10,13H,3-4,9,11H2,(H,24,25)/t13-/m0/s1. The van der Waals surface area contributed by atoms with E-state index in [1.807, 2.05) is 0 Å². The van der Waals surface area contributed by atoms with E-state index in [4.69, 9.17) is 21.1 Å². The first kappa shape index (κ1) is 19.5. The topological polar surface area (TPSA) is 47.6 Å². The summed E-state index contributed by atoms with van der Waals surface area (Å²) < 4.78 is 50.1. The van der Waals surface area contributed by atoms with E-state index in [2.05, 4.69) is 5.32 Å². The lowest BCUT2D eigenvalue weighted by molar-refractivity contribution is -0.137. The van der Waals surface area contributed by atoms with E-state index in [9.17, 15) is 18.0 Å². The van der Waals surface area contributed by atoms with Crippen LogP contribution in [0.5, 0.6) is 5.75 Å². The molecule has 1 aliphatic rings. The molecule has 27 heavy (non-hydrogen) atoms. The van der Waals surface area contributed by atoms with Crippen molar-refractivity contribution in [3.05, 3.63) is 58.6 Å². The Morgan fingerprint density at radius 3 is 2.74 bits per heavy atom. The minimum atomic E-state index is -4.61. The fourth-order valence-electron chi connectivity index (χ4n) is 2.76. The van der Waals surface area contributed by atoms with Gasteiger partial charge in [0.1, 0.15) is 12.4 Å². The molecule has 1 heterocycles. The molecule has 0 aromatic heterocycles. The van der Waals surface area contributed by atoms with Crippen molar-refractivity contribution in [1.29, 1.82) is 0 Å². The van der Waals surface area contributed by atoms with Crippen molar-refractivity contribution in [2.75, 3.05) is 18.5 Å². The molecule has 0 saturated carbocycles. The van der Waals surface area contributed by atoms with Crippen molar-refractivity contribution in [2.24, 2.45) is 0 Å². The number of hydrogen-bond acceptors (Lipinski definition) is 3. The van der Waals surface area contributed by atoms with Crippen molar-refractivity contribution in [3.63, 3.8) is 0 Å². The van der Waals surface area contributed by atoms with Gasteiger partial charge in [0.25, 0.3) is 5.91 Å². The molecule has 2 aromatic carbocycles. The largest absolute Gasteiger partial charge is 0.490 e. The third-order valence-electron chi connectivity index (χ3n) is 4.11. The quantitative estimate of drug-likeness (QED) is 0.754. The van der Waals surface area contributed by atoms with Crippen LogP contribution in [-0.4, -0.2) is 25.2 Å². The van der Waals surface area contributed by atoms with Gasteiger partial charge in [-0.05, 0) is 43.2 Å². The number of nitrogens with one attached hydrogen (secondary N) is 1. The minimum absolute atomic E-state index is 0.00865. The number of carbonyl (C=O) groups excluding carboxylic acids is 1. The van der Waals surface area contributed by atoms with Gasteiger partial charge in [-0.15, -0.1) is 0 Å². The highest BCUT2D eigenvalue weighted by molar-refractivity contribution is 6.31. The average Bonchev–Trinajstić information content (AvgIpc) is 3.14. The zero-order chi connectivity index (χ0) is 19.4. The van der Waals surface area contributed by atoms with E-state index in [0.717, 1.165) is 25.0 Å². The summed E-state index contributed by atoms with van der Waals surface area (Å²) in [7, 11) is 0. The van der Waals surface area contributed by atoms with Gasteiger partial charge < -0.3 is 14.8 Å². The number of benzene rings is 2. The number of alkyl halides is 3. The Morgan fingerprint density at radius 2 is 2.04 bits per heavy atom. The fraction of sp³-hybridized carbons (Fsp3) is 0.316. The van der Waals surface area contributed by atoms with Crippen LogP contribution < -0.4 is 10.1 Å². The minimum Gasteiger partial charge on any atom is -0.490 e. The van der Waals surface area contributed by atoms with Crippen LogP contribution in [0.15, 0.2) is 42.5 Å². The lowest BCUT2D eigenvalue weighted by Crippen LogP contribution is -2.19. The highest BCUT2D eigenvalue weighted by Gasteiger charge is 2.33. The van der Waals surface area contributed by atoms with E-state index in [1.54, 1.807) is 24.3 Å². The average molecular weight is 400 g/mol. The Balaban J connectivity index is 1.74. The molecule has 0 radical (unpaired) electrons. The highest BCUT2D eigenvalue weighted by atomic mass is 35.5. The maximum Gasteiger partial charge on any atom is 0.417 e. The van der Waals surface area contributed by atoms with Crippen LogP contribution in [0, 0.1) is 0 Å². The van der Waals surface area contributed by atoms with Crippen LogP contribution >= 0.6 is 11.6 Å². The predicted octanol–water partition coefficient (Wildman–Crippen LogP) is 5.17. The third kappa shape index (κ3) is 4.93. The first-order chi connectivity index (χ1) is 12.8. The molecule has 1 amide bonds. The van der Waals surface area contributed by atoms with E-state index in [1.165, 1.54) is 6.07 Å². The lowest BCUT2D eigenvalue weighted by Gasteiger charge is -2.15. The van der Waals surface area contributed by atoms with Crippen LogP contribution in [0.3, 0.4) is 0 Å². The summed E-state index contributed by atoms with van der Waals surface area (Å²) in [5, 5.41) is 2.03. The molecule has 0 unspecified atom stereocenters. The number of rotatable bonds is 5. The number of halogens is 4. The van der Waals surface area contributed by atoms with Gasteiger partial charge in [0, 0.05) is 12.3 Å². The monoisotopic (exact) mass is 399 g/mol. The Kier molecular flexibility index (Phi) is 5.92. The molecule has 144 valence electrons. The normalized spacial score (nSPS) is 17.0. The van der Waals surface area contributed by atoms with E-state index < -0.39 is 22.7 Å². The molecule has 3 rings (SSSR count). The number of anilines is 1. The lowest BCUT2D eigenvalue weighted by atomic mass is 10.1. The second-order valence-electron chi connectivity index (χ2n) is 6.09. The molecule has 1 N–H and O–H groups in total. The number of hydrogen-bond donors (Lipinski definition) is 1. The van der Waals surface area contributed by atoms with Crippen molar-refractivity contribution in [2.45, 2.75) is 25.1 Å². The van der Waals surface area contributed by atoms with Crippen molar-refractivity contribution < 1.29 is 27.4 Å². The second-order valence-corrected chi connectivity index (χ2v) is 6.50. The summed E-state index contributed by atoms with van der Waals surface area (Å²) >= 11 is 5.60. The maximum absolute atomic E-state index is 13.0. The molecular weight excluding hydrogens is 383 g/mol. The molecular formula is C19H17ClF3NO3. The number of amides is 1. The summed E-state index contributed by atoms with van der Waals surface area (Å²) in [6, 6.07) is 9.75. The molecule has 1 fully saturated rings. The summed E-state index contributed by atoms with van der Waals surface area (Å²) in [6.07, 6.45) is -2.78. The third-order valence-corrected chi connectivity index (χ3v) is 4.44. The Hall–Kier alpha value is -2.25. The van der Waals surface area contributed by atoms with Crippen molar-refractivity contribution >= 4 is 23.2 Å². The number of para-hydroxylation sites is 1. The summed E-state index contributed by atoms with van der Waals surface area (Å²) in [4.78, 5) is 12.5. The molecule has 1 saturated heterocycles. The molecule has 2 aromatic rings. The van der Waals surface area contributed by atoms with Gasteiger partial charge >= 0.3 is 6.18 Å². The molecule has 4 nitrogen and oxygen atoms in total. The maximum atomic E-state index is 13.0. The number of ether oxygens (including phenoxy) is 2. The van der Waals surface area contributed by atoms with Gasteiger partial charge in [0.05, 0.1) is 22.3 Å². The molecule has 1 aliphatic heterocycles. The highest BCUT2D eigenvalue weighted by Crippen LogP contribution is 2.36. The Labute approximate surface area is 159 Å². The molecule has 0 spiro atoms. The summed E-state index contributed by atoms with van der Waals surface area (Å²) in [6.45, 7) is 0.998. The van der Waals surface area contributed by atoms with Crippen molar-refractivity contribution in [1.82, 2.24) is 0 Å². The van der Waals surface area contributed by atoms with Crippen LogP contribution in [0.4, 0.5) is 18.9 Å². The van der Waals surface area contributed by atoms with E-state index in [-0.39, 0.29) is 17.4 Å². The van der Waals surface area contributed by atoms with Crippen LogP contribution in [0.1, 0.15) is 28.8 Å². The van der Waals surface area contributed by atoms with Crippen LogP contribution in [-0.2, 0) is 10.9 Å². The zero-order valence-electron chi connectivity index (χ0n) is 14.2. The van der Waals surface area contributed by atoms with E-state index in [0.29, 0.717) is 19.0 Å². The van der Waals surface area contributed by atoms with Gasteiger partial charge in [0.15, 0.2) is 0 Å². The van der Waals surface area contributed by atoms with E-state index >= 15 is 0 Å². The zero-order valence-corrected chi connectivity index (χ0v) is 14.9. The summed E-state index contributed by atoms with van der Waals surface area (Å²) in [5.41, 5.74) is -0.797. The molecule has 1 atom stereocenters. The fourth-order valence-corrected chi connectivity index (χ4v) is 2.98.